The lowest BCUT2D eigenvalue weighted by atomic mass is 9.70. The summed E-state index contributed by atoms with van der Waals surface area (Å²) in [5.74, 6) is 1.82. The third kappa shape index (κ3) is 4.50. The van der Waals surface area contributed by atoms with Gasteiger partial charge in [0.2, 0.25) is 5.91 Å². The molecule has 3 heterocycles. The minimum Gasteiger partial charge on any atom is -0.381 e. The van der Waals surface area contributed by atoms with Gasteiger partial charge in [0.05, 0.1) is 25.8 Å². The molecule has 1 aromatic rings. The zero-order valence-electron chi connectivity index (χ0n) is 19.9. The fraction of sp³-hybridized carbons (Fsp3) is 0.692. The first-order valence-electron chi connectivity index (χ1n) is 12.7. The quantitative estimate of drug-likeness (QED) is 0.714. The molecule has 4 aliphatic rings. The maximum Gasteiger partial charge on any atom is 0.254 e. The van der Waals surface area contributed by atoms with Crippen LogP contribution in [0.2, 0.25) is 0 Å². The third-order valence-corrected chi connectivity index (χ3v) is 8.34. The number of rotatable bonds is 6. The van der Waals surface area contributed by atoms with E-state index in [0.29, 0.717) is 37.3 Å². The molecule has 0 spiro atoms. The first-order chi connectivity index (χ1) is 16.0. The number of carbonyl (C=O) groups is 2. The summed E-state index contributed by atoms with van der Waals surface area (Å²) in [5, 5.41) is 2.93. The molecule has 2 amide bonds. The summed E-state index contributed by atoms with van der Waals surface area (Å²) in [5.41, 5.74) is 3.27. The highest BCUT2D eigenvalue weighted by atomic mass is 16.5. The van der Waals surface area contributed by atoms with E-state index < -0.39 is 0 Å². The molecule has 3 atom stereocenters. The second-order valence-electron chi connectivity index (χ2n) is 10.2. The number of hydrogen-bond acceptors (Lipinski definition) is 5. The van der Waals surface area contributed by atoms with Crippen molar-refractivity contribution < 1.29 is 19.1 Å². The largest absolute Gasteiger partial charge is 0.381 e. The fourth-order valence-corrected chi connectivity index (χ4v) is 6.36. The van der Waals surface area contributed by atoms with E-state index in [1.54, 1.807) is 4.90 Å². The molecule has 1 aliphatic carbocycles. The highest BCUT2D eigenvalue weighted by Crippen LogP contribution is 2.51. The second-order valence-corrected chi connectivity index (χ2v) is 10.2. The second kappa shape index (κ2) is 9.63. The zero-order chi connectivity index (χ0) is 22.9. The normalized spacial score (nSPS) is 27.5. The highest BCUT2D eigenvalue weighted by Gasteiger charge is 2.43. The molecule has 0 bridgehead atoms. The Morgan fingerprint density at radius 2 is 1.88 bits per heavy atom. The van der Waals surface area contributed by atoms with Crippen LogP contribution in [0.1, 0.15) is 60.9 Å². The van der Waals surface area contributed by atoms with Crippen LogP contribution in [0, 0.1) is 11.8 Å². The standard InChI is InChI=1S/C26H37N3O4/c1-3-29(14-25(30)27-20-15-33-16-20)26(31)19-5-7-24-22(13-19)21-12-18(4-6-23(21)28(24)2)17-8-10-32-11-9-17/h5,7,13,17-18,20-21,23H,3-4,6,8-12,14-16H2,1-2H3,(H,27,30). The number of nitrogens with one attached hydrogen (secondary N) is 1. The van der Waals surface area contributed by atoms with E-state index in [-0.39, 0.29) is 24.4 Å². The monoisotopic (exact) mass is 455 g/mol. The number of benzene rings is 1. The van der Waals surface area contributed by atoms with Crippen LogP contribution in [0.3, 0.4) is 0 Å². The molecule has 0 aromatic heterocycles. The van der Waals surface area contributed by atoms with Gasteiger partial charge >= 0.3 is 0 Å². The van der Waals surface area contributed by atoms with Crippen molar-refractivity contribution in [3.63, 3.8) is 0 Å². The maximum absolute atomic E-state index is 13.3. The molecule has 7 nitrogen and oxygen atoms in total. The summed E-state index contributed by atoms with van der Waals surface area (Å²) in [7, 11) is 2.20. The van der Waals surface area contributed by atoms with E-state index in [1.807, 2.05) is 13.0 Å². The number of anilines is 1. The van der Waals surface area contributed by atoms with Gasteiger partial charge in [0.15, 0.2) is 0 Å². The fourth-order valence-electron chi connectivity index (χ4n) is 6.36. The Hall–Kier alpha value is -2.12. The third-order valence-electron chi connectivity index (χ3n) is 8.34. The molecule has 3 unspecified atom stereocenters. The predicted octanol–water partition coefficient (Wildman–Crippen LogP) is 2.79. The molecule has 0 radical (unpaired) electrons. The number of fused-ring (bicyclic) bond motifs is 3. The predicted molar refractivity (Wildman–Crippen MR) is 127 cm³/mol. The number of amides is 2. The summed E-state index contributed by atoms with van der Waals surface area (Å²) >= 11 is 0. The molecule has 7 heteroatoms. The highest BCUT2D eigenvalue weighted by molar-refractivity contribution is 5.97. The Morgan fingerprint density at radius 1 is 1.09 bits per heavy atom. The molecular weight excluding hydrogens is 418 g/mol. The van der Waals surface area contributed by atoms with Crippen LogP contribution in [0.15, 0.2) is 18.2 Å². The van der Waals surface area contributed by atoms with Gasteiger partial charge in [-0.2, -0.15) is 0 Å². The maximum atomic E-state index is 13.3. The van der Waals surface area contributed by atoms with Crippen molar-refractivity contribution >= 4 is 17.5 Å². The van der Waals surface area contributed by atoms with Gasteiger partial charge in [-0.05, 0) is 74.6 Å². The van der Waals surface area contributed by atoms with E-state index in [4.69, 9.17) is 9.47 Å². The number of ether oxygens (including phenoxy) is 2. The summed E-state index contributed by atoms with van der Waals surface area (Å²) in [6, 6.07) is 6.77. The molecule has 2 saturated heterocycles. The molecular formula is C26H37N3O4. The average molecular weight is 456 g/mol. The van der Waals surface area contributed by atoms with Crippen LogP contribution in [0.4, 0.5) is 5.69 Å². The van der Waals surface area contributed by atoms with Crippen molar-refractivity contribution in [3.8, 4) is 0 Å². The van der Waals surface area contributed by atoms with Crippen LogP contribution in [-0.2, 0) is 14.3 Å². The topological polar surface area (TPSA) is 71.1 Å². The molecule has 1 saturated carbocycles. The Kier molecular flexibility index (Phi) is 6.61. The van der Waals surface area contributed by atoms with Gasteiger partial charge in [0.1, 0.15) is 0 Å². The average Bonchev–Trinajstić information content (AvgIpc) is 3.11. The molecule has 33 heavy (non-hydrogen) atoms. The lowest BCUT2D eigenvalue weighted by Gasteiger charge is -2.40. The Morgan fingerprint density at radius 3 is 2.58 bits per heavy atom. The Bertz CT molecular complexity index is 880. The van der Waals surface area contributed by atoms with E-state index in [1.165, 1.54) is 43.4 Å². The van der Waals surface area contributed by atoms with Gasteiger partial charge in [0.25, 0.3) is 5.91 Å². The van der Waals surface area contributed by atoms with E-state index in [2.05, 4.69) is 29.4 Å². The zero-order valence-corrected chi connectivity index (χ0v) is 19.9. The van der Waals surface area contributed by atoms with E-state index in [0.717, 1.165) is 25.0 Å². The van der Waals surface area contributed by atoms with Gasteiger partial charge in [0, 0.05) is 50.0 Å². The van der Waals surface area contributed by atoms with Gasteiger partial charge in [-0.25, -0.2) is 0 Å². The van der Waals surface area contributed by atoms with E-state index in [9.17, 15) is 9.59 Å². The summed E-state index contributed by atoms with van der Waals surface area (Å²) in [4.78, 5) is 29.8. The van der Waals surface area contributed by atoms with Crippen molar-refractivity contribution in [2.75, 3.05) is 51.5 Å². The molecule has 3 fully saturated rings. The van der Waals surface area contributed by atoms with Gasteiger partial charge in [-0.1, -0.05) is 0 Å². The molecule has 180 valence electrons. The van der Waals surface area contributed by atoms with Gasteiger partial charge in [-0.15, -0.1) is 0 Å². The SMILES string of the molecule is CCN(CC(=O)NC1COC1)C(=O)c1ccc2c(c1)C1CC(C3CCOCC3)CCC1N2C. The van der Waals surface area contributed by atoms with Crippen LogP contribution in [-0.4, -0.2) is 75.4 Å². The molecule has 1 aromatic carbocycles. The van der Waals surface area contributed by atoms with Crippen molar-refractivity contribution in [3.05, 3.63) is 29.3 Å². The Balaban J connectivity index is 1.30. The lowest BCUT2D eigenvalue weighted by Crippen LogP contribution is -2.51. The van der Waals surface area contributed by atoms with Gasteiger partial charge < -0.3 is 24.6 Å². The summed E-state index contributed by atoms with van der Waals surface area (Å²) < 4.78 is 10.7. The number of carbonyl (C=O) groups excluding carboxylic acids is 2. The summed E-state index contributed by atoms with van der Waals surface area (Å²) in [6.07, 6.45) is 6.08. The van der Waals surface area contributed by atoms with Gasteiger partial charge in [-0.3, -0.25) is 9.59 Å². The first kappa shape index (κ1) is 22.7. The minimum atomic E-state index is -0.119. The Labute approximate surface area is 196 Å². The minimum absolute atomic E-state index is 0.0665. The van der Waals surface area contributed by atoms with Crippen molar-refractivity contribution in [1.29, 1.82) is 0 Å². The van der Waals surface area contributed by atoms with Crippen LogP contribution < -0.4 is 10.2 Å². The molecule has 3 aliphatic heterocycles. The van der Waals surface area contributed by atoms with Crippen LogP contribution in [0.5, 0.6) is 0 Å². The molecule has 5 rings (SSSR count). The number of likely N-dealkylation sites (N-methyl/N-ethyl adjacent to an activating group) is 2. The van der Waals surface area contributed by atoms with Crippen molar-refractivity contribution in [2.24, 2.45) is 11.8 Å². The lowest BCUT2D eigenvalue weighted by molar-refractivity contribution is -0.125. The van der Waals surface area contributed by atoms with E-state index >= 15 is 0 Å². The van der Waals surface area contributed by atoms with Crippen LogP contribution >= 0.6 is 0 Å². The number of nitrogens with zero attached hydrogens (tertiary/aromatic N) is 2. The number of hydrogen-bond donors (Lipinski definition) is 1. The van der Waals surface area contributed by atoms with Crippen molar-refractivity contribution in [2.45, 2.75) is 57.0 Å². The van der Waals surface area contributed by atoms with Crippen molar-refractivity contribution in [1.82, 2.24) is 10.2 Å². The molecule has 1 N–H and O–H groups in total. The summed E-state index contributed by atoms with van der Waals surface area (Å²) in [6.45, 7) is 5.43. The smallest absolute Gasteiger partial charge is 0.254 e. The first-order valence-corrected chi connectivity index (χ1v) is 12.7. The van der Waals surface area contributed by atoms with Crippen LogP contribution in [0.25, 0.3) is 0 Å².